The van der Waals surface area contributed by atoms with Crippen molar-refractivity contribution in [1.82, 2.24) is 10.2 Å². The Morgan fingerprint density at radius 3 is 2.43 bits per heavy atom. The van der Waals surface area contributed by atoms with E-state index in [1.54, 1.807) is 32.0 Å². The monoisotopic (exact) mass is 411 g/mol. The highest BCUT2D eigenvalue weighted by molar-refractivity contribution is 5.76. The van der Waals surface area contributed by atoms with Crippen LogP contribution in [0.3, 0.4) is 0 Å². The van der Waals surface area contributed by atoms with Crippen LogP contribution in [0.4, 0.5) is 5.69 Å². The summed E-state index contributed by atoms with van der Waals surface area (Å²) in [5, 5.41) is 18.6. The van der Waals surface area contributed by atoms with Gasteiger partial charge in [-0.25, -0.2) is 4.79 Å². The van der Waals surface area contributed by atoms with Crippen molar-refractivity contribution >= 4 is 11.7 Å². The van der Waals surface area contributed by atoms with E-state index < -0.39 is 29.2 Å². The highest BCUT2D eigenvalue weighted by Gasteiger charge is 2.36. The van der Waals surface area contributed by atoms with E-state index in [4.69, 9.17) is 18.6 Å². The summed E-state index contributed by atoms with van der Waals surface area (Å²) in [7, 11) is 0. The van der Waals surface area contributed by atoms with Crippen molar-refractivity contribution in [3.8, 4) is 23.0 Å². The number of nitrogens with zero attached hydrogens (tertiary/aromatic N) is 3. The molecule has 10 heteroatoms. The van der Waals surface area contributed by atoms with Gasteiger partial charge in [-0.3, -0.25) is 10.1 Å². The maximum atomic E-state index is 12.6. The topological polar surface area (TPSA) is 127 Å². The molecule has 0 saturated heterocycles. The molecule has 0 amide bonds. The van der Waals surface area contributed by atoms with E-state index >= 15 is 0 Å². The van der Waals surface area contributed by atoms with Crippen LogP contribution in [0.15, 0.2) is 52.9 Å². The number of ether oxygens (including phenoxy) is 3. The summed E-state index contributed by atoms with van der Waals surface area (Å²) in [5.74, 6) is 0.638. The highest BCUT2D eigenvalue weighted by atomic mass is 16.6. The maximum absolute atomic E-state index is 12.6. The third kappa shape index (κ3) is 3.79. The van der Waals surface area contributed by atoms with Crippen LogP contribution in [0.5, 0.6) is 11.5 Å². The quantitative estimate of drug-likeness (QED) is 0.352. The highest BCUT2D eigenvalue weighted by Crippen LogP contribution is 2.34. The zero-order valence-corrected chi connectivity index (χ0v) is 16.1. The molecule has 0 bridgehead atoms. The fourth-order valence-corrected chi connectivity index (χ4v) is 2.91. The minimum atomic E-state index is -0.945. The molecule has 0 unspecified atom stereocenters. The summed E-state index contributed by atoms with van der Waals surface area (Å²) < 4.78 is 22.4. The van der Waals surface area contributed by atoms with Crippen LogP contribution < -0.4 is 9.47 Å². The molecule has 154 valence electrons. The molecule has 0 radical (unpaired) electrons. The molecule has 3 atom stereocenters. The molecule has 0 N–H and O–H groups in total. The fraction of sp³-hybridized carbons (Fsp3) is 0.250. The normalized spacial score (nSPS) is 18.5. The van der Waals surface area contributed by atoms with E-state index in [2.05, 4.69) is 10.2 Å². The second-order valence-electron chi connectivity index (χ2n) is 6.64. The molecule has 10 nitrogen and oxygen atoms in total. The van der Waals surface area contributed by atoms with Gasteiger partial charge in [0.1, 0.15) is 6.10 Å². The molecule has 1 aliphatic heterocycles. The largest absolute Gasteiger partial charge is 0.482 e. The molecular formula is C20H17N3O7. The predicted octanol–water partition coefficient (Wildman–Crippen LogP) is 3.48. The van der Waals surface area contributed by atoms with Gasteiger partial charge < -0.3 is 18.6 Å². The molecule has 0 spiro atoms. The molecule has 0 aliphatic carbocycles. The third-order valence-electron chi connectivity index (χ3n) is 4.48. The number of carbonyl (C=O) groups excluding carboxylic acids is 1. The number of carbonyl (C=O) groups is 1. The van der Waals surface area contributed by atoms with E-state index in [0.717, 1.165) is 0 Å². The van der Waals surface area contributed by atoms with Gasteiger partial charge in [-0.05, 0) is 38.1 Å². The molecule has 0 fully saturated rings. The molecule has 1 aromatic heterocycles. The lowest BCUT2D eigenvalue weighted by molar-refractivity contribution is -0.384. The zero-order chi connectivity index (χ0) is 21.3. The number of esters is 1. The Hall–Kier alpha value is -3.95. The van der Waals surface area contributed by atoms with Gasteiger partial charge in [0.25, 0.3) is 11.6 Å². The summed E-state index contributed by atoms with van der Waals surface area (Å²) >= 11 is 0. The lowest BCUT2D eigenvalue weighted by Gasteiger charge is -2.30. The SMILES string of the molecule is C[C@H](OC(=O)[C@H]1Oc2ccccc2O[C@@H]1C)c1nnc(-c2ccc([N+](=O)[O-])cc2)o1. The lowest BCUT2D eigenvalue weighted by Crippen LogP contribution is -2.44. The summed E-state index contributed by atoms with van der Waals surface area (Å²) in [6.45, 7) is 3.30. The van der Waals surface area contributed by atoms with E-state index in [-0.39, 0.29) is 17.5 Å². The first-order valence-corrected chi connectivity index (χ1v) is 9.13. The number of aromatic nitrogens is 2. The molecule has 2 aromatic carbocycles. The van der Waals surface area contributed by atoms with Crippen molar-refractivity contribution in [2.24, 2.45) is 0 Å². The first-order chi connectivity index (χ1) is 14.4. The van der Waals surface area contributed by atoms with Gasteiger partial charge in [0.15, 0.2) is 17.6 Å². The summed E-state index contributed by atoms with van der Waals surface area (Å²) in [6, 6.07) is 12.7. The number of hydrogen-bond acceptors (Lipinski definition) is 9. The molecular weight excluding hydrogens is 394 g/mol. The standard InChI is InChI=1S/C20H17N3O7/c1-11-17(29-16-6-4-3-5-15(16)27-11)20(24)28-12(2)18-21-22-19(30-18)13-7-9-14(10-8-13)23(25)26/h3-12,17H,1-2H3/t11-,12+,17+/m1/s1. The number of nitro benzene ring substituents is 1. The number of benzene rings is 2. The van der Waals surface area contributed by atoms with Crippen LogP contribution in [0.25, 0.3) is 11.5 Å². The van der Waals surface area contributed by atoms with Crippen molar-refractivity contribution in [1.29, 1.82) is 0 Å². The Kier molecular flexibility index (Phi) is 5.05. The smallest absolute Gasteiger partial charge is 0.352 e. The van der Waals surface area contributed by atoms with E-state index in [1.807, 2.05) is 6.07 Å². The molecule has 0 saturated carbocycles. The number of hydrogen-bond donors (Lipinski definition) is 0. The Bertz CT molecular complexity index is 1080. The van der Waals surface area contributed by atoms with Crippen molar-refractivity contribution < 1.29 is 28.3 Å². The van der Waals surface area contributed by atoms with Gasteiger partial charge in [-0.2, -0.15) is 0 Å². The average Bonchev–Trinajstić information content (AvgIpc) is 3.23. The van der Waals surface area contributed by atoms with Crippen LogP contribution in [0.1, 0.15) is 25.8 Å². The van der Waals surface area contributed by atoms with Crippen LogP contribution in [0, 0.1) is 10.1 Å². The number of para-hydroxylation sites is 2. The maximum Gasteiger partial charge on any atom is 0.352 e. The van der Waals surface area contributed by atoms with Crippen molar-refractivity contribution in [3.63, 3.8) is 0 Å². The van der Waals surface area contributed by atoms with Gasteiger partial charge in [0, 0.05) is 17.7 Å². The Morgan fingerprint density at radius 2 is 1.77 bits per heavy atom. The lowest BCUT2D eigenvalue weighted by atomic mass is 10.2. The summed E-state index contributed by atoms with van der Waals surface area (Å²) in [5.41, 5.74) is 0.457. The fourth-order valence-electron chi connectivity index (χ4n) is 2.91. The second-order valence-corrected chi connectivity index (χ2v) is 6.64. The van der Waals surface area contributed by atoms with E-state index in [9.17, 15) is 14.9 Å². The molecule has 3 aromatic rings. The zero-order valence-electron chi connectivity index (χ0n) is 16.1. The van der Waals surface area contributed by atoms with Gasteiger partial charge >= 0.3 is 5.97 Å². The third-order valence-corrected chi connectivity index (χ3v) is 4.48. The Labute approximate surface area is 170 Å². The van der Waals surface area contributed by atoms with Crippen LogP contribution in [-0.4, -0.2) is 33.3 Å². The van der Waals surface area contributed by atoms with Crippen molar-refractivity contribution in [2.45, 2.75) is 32.2 Å². The van der Waals surface area contributed by atoms with Crippen LogP contribution >= 0.6 is 0 Å². The molecule has 1 aliphatic rings. The first-order valence-electron chi connectivity index (χ1n) is 9.13. The van der Waals surface area contributed by atoms with Crippen molar-refractivity contribution in [3.05, 3.63) is 64.5 Å². The number of non-ortho nitro benzene ring substituents is 1. The minimum absolute atomic E-state index is 0.0498. The van der Waals surface area contributed by atoms with E-state index in [1.165, 1.54) is 24.3 Å². The summed E-state index contributed by atoms with van der Waals surface area (Å²) in [4.78, 5) is 22.9. The number of nitro groups is 1. The average molecular weight is 411 g/mol. The number of fused-ring (bicyclic) bond motifs is 1. The Balaban J connectivity index is 1.43. The van der Waals surface area contributed by atoms with Crippen LogP contribution in [0.2, 0.25) is 0 Å². The summed E-state index contributed by atoms with van der Waals surface area (Å²) in [6.07, 6.45) is -2.32. The molecule has 4 rings (SSSR count). The second kappa shape index (κ2) is 7.82. The van der Waals surface area contributed by atoms with Gasteiger partial charge in [-0.1, -0.05) is 12.1 Å². The molecule has 30 heavy (non-hydrogen) atoms. The van der Waals surface area contributed by atoms with Gasteiger partial charge in [-0.15, -0.1) is 10.2 Å². The van der Waals surface area contributed by atoms with E-state index in [0.29, 0.717) is 17.1 Å². The van der Waals surface area contributed by atoms with Crippen LogP contribution in [-0.2, 0) is 9.53 Å². The molecule has 2 heterocycles. The predicted molar refractivity (Wildman–Crippen MR) is 102 cm³/mol. The first kappa shape index (κ1) is 19.4. The van der Waals surface area contributed by atoms with Gasteiger partial charge in [0.2, 0.25) is 12.0 Å². The van der Waals surface area contributed by atoms with Gasteiger partial charge in [0.05, 0.1) is 4.92 Å². The Morgan fingerprint density at radius 1 is 1.10 bits per heavy atom. The number of rotatable bonds is 5. The van der Waals surface area contributed by atoms with Crippen molar-refractivity contribution in [2.75, 3.05) is 0 Å². The minimum Gasteiger partial charge on any atom is -0.482 e.